The molecule has 2 aromatic rings. The number of aromatic carboxylic acids is 1. The number of hydrogen-bond donors (Lipinski definition) is 2. The summed E-state index contributed by atoms with van der Waals surface area (Å²) in [5.41, 5.74) is 8.94. The highest BCUT2D eigenvalue weighted by Crippen LogP contribution is 2.25. The van der Waals surface area contributed by atoms with Gasteiger partial charge in [-0.05, 0) is 50.1 Å². The Morgan fingerprint density at radius 1 is 1.44 bits per heavy atom. The largest absolute Gasteiger partial charge is 0.478 e. The lowest BCUT2D eigenvalue weighted by Crippen LogP contribution is -2.02. The van der Waals surface area contributed by atoms with Crippen LogP contribution in [0.3, 0.4) is 0 Å². The van der Waals surface area contributed by atoms with Gasteiger partial charge in [-0.3, -0.25) is 0 Å². The van der Waals surface area contributed by atoms with E-state index >= 15 is 0 Å². The van der Waals surface area contributed by atoms with E-state index in [4.69, 9.17) is 10.8 Å². The fraction of sp³-hybridized carbons (Fsp3) is 0.357. The number of fused-ring (bicyclic) bond motifs is 1. The second-order valence-corrected chi connectivity index (χ2v) is 4.47. The molecular formula is C14H18N2O2. The molecular weight excluding hydrogens is 228 g/mol. The summed E-state index contributed by atoms with van der Waals surface area (Å²) in [6, 6.07) is 3.71. The third-order valence-corrected chi connectivity index (χ3v) is 3.29. The maximum Gasteiger partial charge on any atom is 0.336 e. The molecule has 1 aromatic heterocycles. The van der Waals surface area contributed by atoms with Crippen molar-refractivity contribution in [2.45, 2.75) is 26.8 Å². The van der Waals surface area contributed by atoms with Gasteiger partial charge in [0.25, 0.3) is 0 Å². The Kier molecular flexibility index (Phi) is 3.39. The number of hydrogen-bond acceptors (Lipinski definition) is 2. The van der Waals surface area contributed by atoms with Gasteiger partial charge >= 0.3 is 5.97 Å². The van der Waals surface area contributed by atoms with Crippen LogP contribution in [0.5, 0.6) is 0 Å². The first-order chi connectivity index (χ1) is 8.58. The van der Waals surface area contributed by atoms with Crippen LogP contribution in [-0.2, 0) is 13.0 Å². The molecule has 0 unspecified atom stereocenters. The summed E-state index contributed by atoms with van der Waals surface area (Å²) in [5, 5.41) is 10.3. The number of rotatable bonds is 4. The maximum absolute atomic E-state index is 11.2. The van der Waals surface area contributed by atoms with Crippen molar-refractivity contribution in [2.75, 3.05) is 6.54 Å². The van der Waals surface area contributed by atoms with Crippen molar-refractivity contribution in [3.8, 4) is 0 Å². The fourth-order valence-corrected chi connectivity index (χ4v) is 2.37. The van der Waals surface area contributed by atoms with Crippen LogP contribution in [-0.4, -0.2) is 22.2 Å². The van der Waals surface area contributed by atoms with Gasteiger partial charge in [-0.2, -0.15) is 0 Å². The summed E-state index contributed by atoms with van der Waals surface area (Å²) in [7, 11) is 0. The molecule has 96 valence electrons. The van der Waals surface area contributed by atoms with Crippen molar-refractivity contribution >= 4 is 16.9 Å². The lowest BCUT2D eigenvalue weighted by atomic mass is 10.0. The van der Waals surface area contributed by atoms with Crippen LogP contribution in [0.25, 0.3) is 10.9 Å². The normalized spacial score (nSPS) is 11.1. The number of aryl methyl sites for hydroxylation is 2. The molecule has 0 aliphatic rings. The molecule has 18 heavy (non-hydrogen) atoms. The molecule has 2 rings (SSSR count). The molecule has 0 aliphatic heterocycles. The van der Waals surface area contributed by atoms with Gasteiger partial charge in [0.2, 0.25) is 0 Å². The zero-order valence-corrected chi connectivity index (χ0v) is 10.7. The third-order valence-electron chi connectivity index (χ3n) is 3.29. The fourth-order valence-electron chi connectivity index (χ4n) is 2.37. The number of carbonyl (C=O) groups is 1. The van der Waals surface area contributed by atoms with Crippen molar-refractivity contribution in [3.63, 3.8) is 0 Å². The maximum atomic E-state index is 11.2. The molecule has 0 atom stereocenters. The first-order valence-electron chi connectivity index (χ1n) is 6.14. The van der Waals surface area contributed by atoms with Gasteiger partial charge in [-0.15, -0.1) is 0 Å². The van der Waals surface area contributed by atoms with Gasteiger partial charge < -0.3 is 15.4 Å². The number of benzene rings is 1. The topological polar surface area (TPSA) is 68.2 Å². The van der Waals surface area contributed by atoms with E-state index in [1.165, 1.54) is 5.56 Å². The zero-order valence-electron chi connectivity index (χ0n) is 10.7. The molecule has 3 N–H and O–H groups in total. The van der Waals surface area contributed by atoms with Crippen molar-refractivity contribution < 1.29 is 9.90 Å². The highest BCUT2D eigenvalue weighted by molar-refractivity contribution is 5.96. The molecule has 0 saturated carbocycles. The van der Waals surface area contributed by atoms with E-state index in [0.29, 0.717) is 12.1 Å². The molecule has 0 amide bonds. The summed E-state index contributed by atoms with van der Waals surface area (Å²) in [5.74, 6) is -0.876. The average Bonchev–Trinajstić information content (AvgIpc) is 2.66. The van der Waals surface area contributed by atoms with E-state index in [2.05, 4.69) is 10.8 Å². The zero-order chi connectivity index (χ0) is 13.3. The van der Waals surface area contributed by atoms with Gasteiger partial charge in [-0.25, -0.2) is 4.79 Å². The van der Waals surface area contributed by atoms with Crippen molar-refractivity contribution in [3.05, 3.63) is 35.0 Å². The summed E-state index contributed by atoms with van der Waals surface area (Å²) in [4.78, 5) is 11.2. The van der Waals surface area contributed by atoms with Gasteiger partial charge in [0, 0.05) is 23.6 Å². The summed E-state index contributed by atoms with van der Waals surface area (Å²) >= 11 is 0. The number of carboxylic acids is 1. The molecule has 0 aliphatic carbocycles. The Balaban J connectivity index is 2.72. The first kappa shape index (κ1) is 12.6. The smallest absolute Gasteiger partial charge is 0.336 e. The summed E-state index contributed by atoms with van der Waals surface area (Å²) in [6.45, 7) is 5.30. The Hall–Kier alpha value is -1.81. The lowest BCUT2D eigenvalue weighted by Gasteiger charge is -2.05. The van der Waals surface area contributed by atoms with Crippen LogP contribution in [0.1, 0.15) is 28.4 Å². The van der Waals surface area contributed by atoms with Crippen LogP contribution in [0.2, 0.25) is 0 Å². The van der Waals surface area contributed by atoms with Crippen LogP contribution in [0, 0.1) is 6.92 Å². The molecule has 1 heterocycles. The van der Waals surface area contributed by atoms with Crippen molar-refractivity contribution in [1.82, 2.24) is 4.57 Å². The molecule has 0 radical (unpaired) electrons. The van der Waals surface area contributed by atoms with Crippen molar-refractivity contribution in [2.24, 2.45) is 5.73 Å². The predicted octanol–water partition coefficient (Wildman–Crippen LogP) is 2.17. The van der Waals surface area contributed by atoms with E-state index in [1.807, 2.05) is 19.9 Å². The third kappa shape index (κ3) is 1.99. The lowest BCUT2D eigenvalue weighted by molar-refractivity contribution is 0.0696. The van der Waals surface area contributed by atoms with Crippen LogP contribution < -0.4 is 5.73 Å². The standard InChI is InChI=1S/C14H18N2O2/c1-3-16-8-10(4-5-15)12-6-9(2)11(14(17)18)7-13(12)16/h6-8H,3-5,15H2,1-2H3,(H,17,18). The molecule has 4 nitrogen and oxygen atoms in total. The van der Waals surface area contributed by atoms with E-state index in [9.17, 15) is 4.79 Å². The number of carboxylic acid groups (broad SMARTS) is 1. The minimum Gasteiger partial charge on any atom is -0.478 e. The quantitative estimate of drug-likeness (QED) is 0.868. The van der Waals surface area contributed by atoms with E-state index in [0.717, 1.165) is 29.4 Å². The number of nitrogens with two attached hydrogens (primary N) is 1. The summed E-state index contributed by atoms with van der Waals surface area (Å²) < 4.78 is 2.08. The predicted molar refractivity (Wildman–Crippen MR) is 72.1 cm³/mol. The Labute approximate surface area is 106 Å². The van der Waals surface area contributed by atoms with E-state index in [-0.39, 0.29) is 0 Å². The summed E-state index contributed by atoms with van der Waals surface area (Å²) in [6.07, 6.45) is 2.89. The second kappa shape index (κ2) is 4.82. The Morgan fingerprint density at radius 2 is 2.17 bits per heavy atom. The monoisotopic (exact) mass is 246 g/mol. The second-order valence-electron chi connectivity index (χ2n) is 4.47. The average molecular weight is 246 g/mol. The minimum absolute atomic E-state index is 0.370. The molecule has 1 aromatic carbocycles. The highest BCUT2D eigenvalue weighted by Gasteiger charge is 2.13. The van der Waals surface area contributed by atoms with Gasteiger partial charge in [0.1, 0.15) is 0 Å². The SMILES string of the molecule is CCn1cc(CCN)c2cc(C)c(C(=O)O)cc21. The van der Waals surface area contributed by atoms with Crippen LogP contribution >= 0.6 is 0 Å². The Morgan fingerprint density at radius 3 is 2.72 bits per heavy atom. The molecule has 0 spiro atoms. The molecule has 0 bridgehead atoms. The van der Waals surface area contributed by atoms with Crippen LogP contribution in [0.4, 0.5) is 0 Å². The molecule has 4 heteroatoms. The van der Waals surface area contributed by atoms with Gasteiger partial charge in [0.15, 0.2) is 0 Å². The minimum atomic E-state index is -0.876. The number of nitrogens with zero attached hydrogens (tertiary/aromatic N) is 1. The van der Waals surface area contributed by atoms with Gasteiger partial charge in [-0.1, -0.05) is 0 Å². The highest BCUT2D eigenvalue weighted by atomic mass is 16.4. The van der Waals surface area contributed by atoms with E-state index in [1.54, 1.807) is 6.07 Å². The number of aromatic nitrogens is 1. The first-order valence-corrected chi connectivity index (χ1v) is 6.14. The van der Waals surface area contributed by atoms with Crippen LogP contribution in [0.15, 0.2) is 18.3 Å². The van der Waals surface area contributed by atoms with Crippen molar-refractivity contribution in [1.29, 1.82) is 0 Å². The van der Waals surface area contributed by atoms with E-state index < -0.39 is 5.97 Å². The Bertz CT molecular complexity index is 599. The molecule has 0 fully saturated rings. The van der Waals surface area contributed by atoms with Gasteiger partial charge in [0.05, 0.1) is 5.56 Å². The molecule has 0 saturated heterocycles.